The van der Waals surface area contributed by atoms with Crippen LogP contribution in [0.5, 0.6) is 0 Å². The number of rotatable bonds is 0. The summed E-state index contributed by atoms with van der Waals surface area (Å²) >= 11 is 0. The normalized spacial score (nSPS) is 31.8. The molecule has 0 aliphatic carbocycles. The molecule has 1 heterocycles. The smallest absolute Gasteiger partial charge is 0.202 e. The van der Waals surface area contributed by atoms with Crippen molar-refractivity contribution in [3.63, 3.8) is 0 Å². The Morgan fingerprint density at radius 3 is 2.00 bits per heavy atom. The van der Waals surface area contributed by atoms with Gasteiger partial charge >= 0.3 is 0 Å². The summed E-state index contributed by atoms with van der Waals surface area (Å²) in [7, 11) is 0. The molecule has 0 aromatic carbocycles. The molecule has 1 fully saturated rings. The number of hydrogen-bond donors (Lipinski definition) is 2. The molecule has 1 saturated heterocycles. The van der Waals surface area contributed by atoms with Crippen LogP contribution >= 0.6 is 0 Å². The summed E-state index contributed by atoms with van der Waals surface area (Å²) in [6.07, 6.45) is -0.167. The third-order valence-corrected chi connectivity index (χ3v) is 0.254. The summed E-state index contributed by atoms with van der Waals surface area (Å²) in [5.74, 6) is 0. The molecule has 1 aliphatic heterocycles. The van der Waals surface area contributed by atoms with E-state index in [1.807, 2.05) is 0 Å². The van der Waals surface area contributed by atoms with Crippen molar-refractivity contribution < 1.29 is 21.3 Å². The number of nitrogens with two attached hydrogens (primary N) is 1. The van der Waals surface area contributed by atoms with E-state index >= 15 is 0 Å². The molecule has 1 rings (SSSR count). The SMILES string of the molecule is NC1NO1.[Ni]. The van der Waals surface area contributed by atoms with Crippen LogP contribution in [0, 0.1) is 0 Å². The van der Waals surface area contributed by atoms with Crippen molar-refractivity contribution in [2.24, 2.45) is 5.73 Å². The maximum absolute atomic E-state index is 4.89. The van der Waals surface area contributed by atoms with Gasteiger partial charge in [0.2, 0.25) is 6.35 Å². The first kappa shape index (κ1) is 5.37. The van der Waals surface area contributed by atoms with Crippen molar-refractivity contribution in [1.82, 2.24) is 5.48 Å². The van der Waals surface area contributed by atoms with E-state index in [2.05, 4.69) is 10.3 Å². The standard InChI is InChI=1S/CH4N2O.Ni/c2-1-3-4-1;/h1,3H,2H2;. The molecule has 3 nitrogen and oxygen atoms in total. The van der Waals surface area contributed by atoms with E-state index < -0.39 is 0 Å². The Bertz CT molecular complexity index is 28.8. The summed E-state index contributed by atoms with van der Waals surface area (Å²) in [5, 5.41) is 0. The van der Waals surface area contributed by atoms with Crippen molar-refractivity contribution in [2.75, 3.05) is 0 Å². The van der Waals surface area contributed by atoms with Crippen LogP contribution in [0.1, 0.15) is 0 Å². The molecule has 0 bridgehead atoms. The van der Waals surface area contributed by atoms with E-state index in [0.717, 1.165) is 0 Å². The maximum atomic E-state index is 4.89. The molecule has 0 aromatic rings. The van der Waals surface area contributed by atoms with E-state index in [4.69, 9.17) is 5.73 Å². The first-order valence-corrected chi connectivity index (χ1v) is 1.06. The molecule has 1 aliphatic rings. The third kappa shape index (κ3) is 2.16. The van der Waals surface area contributed by atoms with Crippen molar-refractivity contribution in [3.8, 4) is 0 Å². The van der Waals surface area contributed by atoms with Gasteiger partial charge in [-0.25, -0.2) is 0 Å². The summed E-state index contributed by atoms with van der Waals surface area (Å²) < 4.78 is 0. The average molecular weight is 119 g/mol. The van der Waals surface area contributed by atoms with Crippen LogP contribution in [0.2, 0.25) is 0 Å². The maximum Gasteiger partial charge on any atom is 0.202 e. The van der Waals surface area contributed by atoms with Gasteiger partial charge in [0, 0.05) is 16.5 Å². The van der Waals surface area contributed by atoms with Gasteiger partial charge in [-0.15, -0.1) is 0 Å². The zero-order valence-corrected chi connectivity index (χ0v) is 3.37. The minimum Gasteiger partial charge on any atom is -0.290 e. The Hall–Kier alpha value is 0.374. The van der Waals surface area contributed by atoms with Crippen molar-refractivity contribution >= 4 is 0 Å². The number of nitrogens with one attached hydrogen (secondary N) is 1. The Kier molecular flexibility index (Phi) is 1.85. The molecule has 3 N–H and O–H groups in total. The molecule has 0 radical (unpaired) electrons. The van der Waals surface area contributed by atoms with Crippen molar-refractivity contribution in [1.29, 1.82) is 0 Å². The van der Waals surface area contributed by atoms with Crippen molar-refractivity contribution in [3.05, 3.63) is 0 Å². The van der Waals surface area contributed by atoms with Crippen LogP contribution in [-0.4, -0.2) is 6.35 Å². The molecule has 4 heteroatoms. The zero-order chi connectivity index (χ0) is 2.99. The monoisotopic (exact) mass is 118 g/mol. The van der Waals surface area contributed by atoms with E-state index in [1.165, 1.54) is 0 Å². The van der Waals surface area contributed by atoms with Crippen LogP contribution in [-0.2, 0) is 21.3 Å². The van der Waals surface area contributed by atoms with Crippen molar-refractivity contribution in [2.45, 2.75) is 6.35 Å². The number of hydroxylamine groups is 1. The minimum atomic E-state index is -0.167. The quantitative estimate of drug-likeness (QED) is 0.309. The predicted molar refractivity (Wildman–Crippen MR) is 12.2 cm³/mol. The largest absolute Gasteiger partial charge is 0.290 e. The average Bonchev–Trinajstić information content (AvgIpc) is 1.75. The summed E-state index contributed by atoms with van der Waals surface area (Å²) in [6.45, 7) is 0. The number of hydrogen-bond acceptors (Lipinski definition) is 3. The molecule has 0 spiro atoms. The Labute approximate surface area is 39.7 Å². The van der Waals surface area contributed by atoms with Crippen LogP contribution in [0.25, 0.3) is 0 Å². The van der Waals surface area contributed by atoms with E-state index in [1.54, 1.807) is 0 Å². The first-order valence-electron chi connectivity index (χ1n) is 1.06. The molecule has 0 saturated carbocycles. The Morgan fingerprint density at radius 1 is 1.80 bits per heavy atom. The van der Waals surface area contributed by atoms with Gasteiger partial charge in [-0.1, -0.05) is 0 Å². The van der Waals surface area contributed by atoms with Gasteiger partial charge < -0.3 is 0 Å². The van der Waals surface area contributed by atoms with Crippen LogP contribution in [0.3, 0.4) is 0 Å². The van der Waals surface area contributed by atoms with Gasteiger partial charge in [0.1, 0.15) is 0 Å². The molecular weight excluding hydrogens is 115 g/mol. The third-order valence-electron chi connectivity index (χ3n) is 0.254. The first-order chi connectivity index (χ1) is 1.89. The van der Waals surface area contributed by atoms with Crippen LogP contribution in [0.15, 0.2) is 0 Å². The van der Waals surface area contributed by atoms with Gasteiger partial charge in [0.15, 0.2) is 0 Å². The Balaban J connectivity index is 0.000000160. The topological polar surface area (TPSA) is 60.5 Å². The molecule has 0 amide bonds. The fourth-order valence-corrected chi connectivity index (χ4v) is 0.0393. The minimum absolute atomic E-state index is 0. The molecule has 1 atom stereocenters. The molecule has 0 aromatic heterocycles. The molecule has 5 heavy (non-hydrogen) atoms. The zero-order valence-electron chi connectivity index (χ0n) is 2.38. The second-order valence-corrected chi connectivity index (χ2v) is 0.656. The fraction of sp³-hybridized carbons (Fsp3) is 1.00. The van der Waals surface area contributed by atoms with Gasteiger partial charge in [-0.05, 0) is 0 Å². The van der Waals surface area contributed by atoms with E-state index in [9.17, 15) is 0 Å². The molecule has 1 unspecified atom stereocenters. The fourth-order valence-electron chi connectivity index (χ4n) is 0.0393. The van der Waals surface area contributed by atoms with Gasteiger partial charge in [-0.3, -0.25) is 10.6 Å². The summed E-state index contributed by atoms with van der Waals surface area (Å²) in [4.78, 5) is 4.24. The van der Waals surface area contributed by atoms with E-state index in [0.29, 0.717) is 0 Å². The molecule has 34 valence electrons. The second kappa shape index (κ2) is 1.72. The molecular formula is CH4N2NiO. The summed E-state index contributed by atoms with van der Waals surface area (Å²) in [5.41, 5.74) is 7.26. The van der Waals surface area contributed by atoms with Gasteiger partial charge in [0.05, 0.1) is 0 Å². The summed E-state index contributed by atoms with van der Waals surface area (Å²) in [6, 6.07) is 0. The van der Waals surface area contributed by atoms with Crippen LogP contribution < -0.4 is 11.2 Å². The predicted octanol–water partition coefficient (Wildman–Crippen LogP) is -1.24. The van der Waals surface area contributed by atoms with Crippen LogP contribution in [0.4, 0.5) is 0 Å². The Morgan fingerprint density at radius 2 is 2.00 bits per heavy atom. The second-order valence-electron chi connectivity index (χ2n) is 0.656. The van der Waals surface area contributed by atoms with Gasteiger partial charge in [-0.2, -0.15) is 5.48 Å². The van der Waals surface area contributed by atoms with Gasteiger partial charge in [0.25, 0.3) is 0 Å². The van der Waals surface area contributed by atoms with E-state index in [-0.39, 0.29) is 22.8 Å².